The van der Waals surface area contributed by atoms with Crippen molar-refractivity contribution < 1.29 is 13.2 Å². The van der Waals surface area contributed by atoms with Gasteiger partial charge in [0.2, 0.25) is 10.0 Å². The van der Waals surface area contributed by atoms with Crippen molar-refractivity contribution in [2.45, 2.75) is 11.4 Å². The van der Waals surface area contributed by atoms with Gasteiger partial charge in [0.1, 0.15) is 5.75 Å². The maximum absolute atomic E-state index is 12.5. The van der Waals surface area contributed by atoms with Crippen LogP contribution in [-0.4, -0.2) is 30.3 Å². The SMILES string of the molecule is COc1ccc(S(=O)(=O)NCc2ccnc(-c3cnn(C)c3)c2)cc1Cl. The van der Waals surface area contributed by atoms with Crippen LogP contribution in [0.2, 0.25) is 5.02 Å². The van der Waals surface area contributed by atoms with Crippen molar-refractivity contribution in [2.24, 2.45) is 7.05 Å². The van der Waals surface area contributed by atoms with Gasteiger partial charge in [-0.3, -0.25) is 9.67 Å². The molecule has 0 bridgehead atoms. The minimum Gasteiger partial charge on any atom is -0.495 e. The lowest BCUT2D eigenvalue weighted by Crippen LogP contribution is -2.23. The second-order valence-corrected chi connectivity index (χ2v) is 7.75. The molecule has 136 valence electrons. The number of pyridine rings is 1. The van der Waals surface area contributed by atoms with E-state index in [0.717, 1.165) is 16.8 Å². The molecule has 7 nitrogen and oxygen atoms in total. The Labute approximate surface area is 156 Å². The Morgan fingerprint density at radius 3 is 2.73 bits per heavy atom. The number of rotatable bonds is 6. The summed E-state index contributed by atoms with van der Waals surface area (Å²) in [7, 11) is -0.416. The summed E-state index contributed by atoms with van der Waals surface area (Å²) in [6, 6.07) is 7.89. The molecule has 0 saturated carbocycles. The second kappa shape index (κ2) is 7.45. The van der Waals surface area contributed by atoms with E-state index in [2.05, 4.69) is 14.8 Å². The highest BCUT2D eigenvalue weighted by molar-refractivity contribution is 7.89. The predicted molar refractivity (Wildman–Crippen MR) is 98.5 cm³/mol. The zero-order valence-electron chi connectivity index (χ0n) is 14.2. The highest BCUT2D eigenvalue weighted by Gasteiger charge is 2.16. The molecule has 0 amide bonds. The molecule has 1 N–H and O–H groups in total. The number of aryl methyl sites for hydroxylation is 1. The second-order valence-electron chi connectivity index (χ2n) is 5.57. The van der Waals surface area contributed by atoms with Crippen molar-refractivity contribution in [3.63, 3.8) is 0 Å². The van der Waals surface area contributed by atoms with Crippen LogP contribution in [0.5, 0.6) is 5.75 Å². The van der Waals surface area contributed by atoms with E-state index in [-0.39, 0.29) is 16.5 Å². The summed E-state index contributed by atoms with van der Waals surface area (Å²) in [5.41, 5.74) is 2.36. The van der Waals surface area contributed by atoms with E-state index in [0.29, 0.717) is 5.75 Å². The molecule has 2 aromatic heterocycles. The minimum atomic E-state index is -3.71. The lowest BCUT2D eigenvalue weighted by Gasteiger charge is -2.09. The number of ether oxygens (including phenoxy) is 1. The van der Waals surface area contributed by atoms with Crippen LogP contribution in [0.3, 0.4) is 0 Å². The number of benzene rings is 1. The lowest BCUT2D eigenvalue weighted by molar-refractivity contribution is 0.414. The van der Waals surface area contributed by atoms with Gasteiger partial charge in [-0.05, 0) is 35.9 Å². The maximum atomic E-state index is 12.5. The van der Waals surface area contributed by atoms with Gasteiger partial charge in [0.15, 0.2) is 0 Å². The largest absolute Gasteiger partial charge is 0.495 e. The summed E-state index contributed by atoms with van der Waals surface area (Å²) in [5, 5.41) is 4.35. The fraction of sp³-hybridized carbons (Fsp3) is 0.176. The highest BCUT2D eigenvalue weighted by atomic mass is 35.5. The van der Waals surface area contributed by atoms with E-state index < -0.39 is 10.0 Å². The average molecular weight is 393 g/mol. The molecule has 0 aliphatic rings. The first kappa shape index (κ1) is 18.4. The van der Waals surface area contributed by atoms with Crippen LogP contribution in [0.1, 0.15) is 5.56 Å². The number of sulfonamides is 1. The number of methoxy groups -OCH3 is 1. The Balaban J connectivity index is 1.77. The van der Waals surface area contributed by atoms with Gasteiger partial charge >= 0.3 is 0 Å². The van der Waals surface area contributed by atoms with E-state index in [1.54, 1.807) is 23.1 Å². The van der Waals surface area contributed by atoms with Gasteiger partial charge < -0.3 is 4.74 Å². The molecule has 0 aliphatic carbocycles. The molecular weight excluding hydrogens is 376 g/mol. The van der Waals surface area contributed by atoms with Gasteiger partial charge in [0.05, 0.1) is 28.9 Å². The third kappa shape index (κ3) is 4.04. The summed E-state index contributed by atoms with van der Waals surface area (Å²) in [6.45, 7) is 0.127. The number of nitrogens with zero attached hydrogens (tertiary/aromatic N) is 3. The fourth-order valence-corrected chi connectivity index (χ4v) is 3.74. The van der Waals surface area contributed by atoms with Gasteiger partial charge in [-0.2, -0.15) is 5.10 Å². The average Bonchev–Trinajstić information content (AvgIpc) is 3.07. The van der Waals surface area contributed by atoms with Crippen molar-refractivity contribution in [3.8, 4) is 17.0 Å². The van der Waals surface area contributed by atoms with E-state index >= 15 is 0 Å². The Morgan fingerprint density at radius 1 is 1.27 bits per heavy atom. The Kier molecular flexibility index (Phi) is 5.26. The van der Waals surface area contributed by atoms with Gasteiger partial charge in [0, 0.05) is 31.5 Å². The molecule has 0 radical (unpaired) electrons. The van der Waals surface area contributed by atoms with E-state index in [4.69, 9.17) is 16.3 Å². The molecule has 0 atom stereocenters. The first-order chi connectivity index (χ1) is 12.4. The quantitative estimate of drug-likeness (QED) is 0.696. The highest BCUT2D eigenvalue weighted by Crippen LogP contribution is 2.27. The van der Waals surface area contributed by atoms with Gasteiger partial charge in [-0.15, -0.1) is 0 Å². The fourth-order valence-electron chi connectivity index (χ4n) is 2.37. The van der Waals surface area contributed by atoms with Crippen molar-refractivity contribution in [2.75, 3.05) is 7.11 Å². The third-order valence-corrected chi connectivity index (χ3v) is 5.42. The minimum absolute atomic E-state index is 0.0739. The number of halogens is 1. The number of aromatic nitrogens is 3. The van der Waals surface area contributed by atoms with Gasteiger partial charge in [-0.25, -0.2) is 13.1 Å². The topological polar surface area (TPSA) is 86.1 Å². The third-order valence-electron chi connectivity index (χ3n) is 3.72. The molecule has 0 spiro atoms. The summed E-state index contributed by atoms with van der Waals surface area (Å²) >= 11 is 6.01. The monoisotopic (exact) mass is 392 g/mol. The molecule has 0 aliphatic heterocycles. The molecular formula is C17H17ClN4O3S. The van der Waals surface area contributed by atoms with E-state index in [1.807, 2.05) is 19.3 Å². The van der Waals surface area contributed by atoms with Gasteiger partial charge in [-0.1, -0.05) is 11.6 Å². The Hall–Kier alpha value is -2.42. The zero-order chi connectivity index (χ0) is 18.7. The summed E-state index contributed by atoms with van der Waals surface area (Å²) < 4.78 is 34.2. The molecule has 0 saturated heterocycles. The zero-order valence-corrected chi connectivity index (χ0v) is 15.8. The smallest absolute Gasteiger partial charge is 0.240 e. The summed E-state index contributed by atoms with van der Waals surface area (Å²) in [6.07, 6.45) is 5.18. The number of nitrogens with one attached hydrogen (secondary N) is 1. The van der Waals surface area contributed by atoms with Crippen LogP contribution in [0.4, 0.5) is 0 Å². The van der Waals surface area contributed by atoms with Crippen LogP contribution in [0, 0.1) is 0 Å². The van der Waals surface area contributed by atoms with Crippen molar-refractivity contribution in [1.29, 1.82) is 0 Å². The summed E-state index contributed by atoms with van der Waals surface area (Å²) in [4.78, 5) is 4.37. The first-order valence-corrected chi connectivity index (χ1v) is 9.52. The van der Waals surface area contributed by atoms with Crippen molar-refractivity contribution in [1.82, 2.24) is 19.5 Å². The number of hydrogen-bond donors (Lipinski definition) is 1. The Bertz CT molecular complexity index is 1030. The lowest BCUT2D eigenvalue weighted by atomic mass is 10.2. The molecule has 3 rings (SSSR count). The van der Waals surface area contributed by atoms with E-state index in [1.165, 1.54) is 25.3 Å². The molecule has 1 aromatic carbocycles. The van der Waals surface area contributed by atoms with E-state index in [9.17, 15) is 8.42 Å². The van der Waals surface area contributed by atoms with Gasteiger partial charge in [0.25, 0.3) is 0 Å². The van der Waals surface area contributed by atoms with Crippen LogP contribution in [0.25, 0.3) is 11.3 Å². The van der Waals surface area contributed by atoms with Crippen LogP contribution < -0.4 is 9.46 Å². The van der Waals surface area contributed by atoms with Crippen LogP contribution >= 0.6 is 11.6 Å². The molecule has 3 aromatic rings. The normalized spacial score (nSPS) is 11.5. The van der Waals surface area contributed by atoms with Crippen molar-refractivity contribution >= 4 is 21.6 Å². The van der Waals surface area contributed by atoms with Crippen molar-refractivity contribution in [3.05, 3.63) is 59.5 Å². The molecule has 9 heteroatoms. The van der Waals surface area contributed by atoms with Crippen LogP contribution in [-0.2, 0) is 23.6 Å². The number of hydrogen-bond acceptors (Lipinski definition) is 5. The van der Waals surface area contributed by atoms with Crippen LogP contribution in [0.15, 0.2) is 53.8 Å². The Morgan fingerprint density at radius 2 is 2.08 bits per heavy atom. The predicted octanol–water partition coefficient (Wildman–Crippen LogP) is 2.62. The maximum Gasteiger partial charge on any atom is 0.240 e. The summed E-state index contributed by atoms with van der Waals surface area (Å²) in [5.74, 6) is 0.417. The molecule has 0 unspecified atom stereocenters. The molecule has 26 heavy (non-hydrogen) atoms. The molecule has 2 heterocycles. The first-order valence-electron chi connectivity index (χ1n) is 7.66. The molecule has 0 fully saturated rings. The standard InChI is InChI=1S/C17H17ClN4O3S/c1-22-11-13(10-20-22)16-7-12(5-6-19-16)9-21-26(23,24)14-3-4-17(25-2)15(18)8-14/h3-8,10-11,21H,9H2,1-2H3.